The Balaban J connectivity index is 1.63. The van der Waals surface area contributed by atoms with Crippen molar-refractivity contribution < 1.29 is 19.0 Å². The van der Waals surface area contributed by atoms with Gasteiger partial charge in [-0.25, -0.2) is 0 Å². The summed E-state index contributed by atoms with van der Waals surface area (Å²) in [4.78, 5) is 14.3. The molecule has 1 heterocycles. The SMILES string of the molecule is COc1ccc(CCN2COC(c3ccc(Cl)cc3)C2=O)cc1OC. The van der Waals surface area contributed by atoms with E-state index in [-0.39, 0.29) is 5.91 Å². The molecule has 0 N–H and O–H groups in total. The fraction of sp³-hybridized carbons (Fsp3) is 0.316. The highest BCUT2D eigenvalue weighted by molar-refractivity contribution is 6.30. The van der Waals surface area contributed by atoms with Crippen molar-refractivity contribution in [1.29, 1.82) is 0 Å². The number of carbonyl (C=O) groups is 1. The molecule has 1 amide bonds. The summed E-state index contributed by atoms with van der Waals surface area (Å²) in [5.41, 5.74) is 1.89. The van der Waals surface area contributed by atoms with Crippen LogP contribution in [0.5, 0.6) is 11.5 Å². The Morgan fingerprint density at radius 2 is 1.84 bits per heavy atom. The summed E-state index contributed by atoms with van der Waals surface area (Å²) >= 11 is 5.89. The third-order valence-corrected chi connectivity index (χ3v) is 4.48. The zero-order chi connectivity index (χ0) is 17.8. The van der Waals surface area contributed by atoms with Crippen LogP contribution in [0.4, 0.5) is 0 Å². The van der Waals surface area contributed by atoms with E-state index in [9.17, 15) is 4.79 Å². The van der Waals surface area contributed by atoms with E-state index in [0.717, 1.165) is 11.1 Å². The van der Waals surface area contributed by atoms with E-state index in [2.05, 4.69) is 0 Å². The highest BCUT2D eigenvalue weighted by Crippen LogP contribution is 2.29. The van der Waals surface area contributed by atoms with E-state index >= 15 is 0 Å². The van der Waals surface area contributed by atoms with Gasteiger partial charge >= 0.3 is 0 Å². The largest absolute Gasteiger partial charge is 0.493 e. The van der Waals surface area contributed by atoms with Crippen LogP contribution in [0.1, 0.15) is 17.2 Å². The minimum atomic E-state index is -0.553. The van der Waals surface area contributed by atoms with E-state index in [4.69, 9.17) is 25.8 Å². The molecule has 0 bridgehead atoms. The van der Waals surface area contributed by atoms with Gasteiger partial charge in [0.2, 0.25) is 0 Å². The van der Waals surface area contributed by atoms with Gasteiger partial charge in [-0.05, 0) is 41.8 Å². The Morgan fingerprint density at radius 3 is 2.52 bits per heavy atom. The van der Waals surface area contributed by atoms with Gasteiger partial charge in [-0.3, -0.25) is 4.79 Å². The first-order chi connectivity index (χ1) is 12.1. The predicted octanol–water partition coefficient (Wildman–Crippen LogP) is 3.46. The molecule has 0 radical (unpaired) electrons. The quantitative estimate of drug-likeness (QED) is 0.790. The van der Waals surface area contributed by atoms with Gasteiger partial charge in [-0.2, -0.15) is 0 Å². The van der Waals surface area contributed by atoms with Crippen LogP contribution in [0, 0.1) is 0 Å². The average Bonchev–Trinajstić information content (AvgIpc) is 3.01. The Kier molecular flexibility index (Phi) is 5.46. The Hall–Kier alpha value is -2.24. The van der Waals surface area contributed by atoms with Crippen LogP contribution < -0.4 is 9.47 Å². The van der Waals surface area contributed by atoms with Gasteiger partial charge in [0.1, 0.15) is 6.73 Å². The van der Waals surface area contributed by atoms with Crippen LogP contribution in [0.2, 0.25) is 5.02 Å². The highest BCUT2D eigenvalue weighted by atomic mass is 35.5. The zero-order valence-electron chi connectivity index (χ0n) is 14.2. The molecule has 1 atom stereocenters. The first-order valence-electron chi connectivity index (χ1n) is 7.99. The standard InChI is InChI=1S/C19H20ClNO4/c1-23-16-8-3-13(11-17(16)24-2)9-10-21-12-25-18(19(21)22)14-4-6-15(20)7-5-14/h3-8,11,18H,9-10,12H2,1-2H3. The van der Waals surface area contributed by atoms with Gasteiger partial charge in [0, 0.05) is 11.6 Å². The minimum absolute atomic E-state index is 0.0252. The predicted molar refractivity (Wildman–Crippen MR) is 95.1 cm³/mol. The Bertz CT molecular complexity index is 748. The van der Waals surface area contributed by atoms with Crippen molar-refractivity contribution in [3.05, 3.63) is 58.6 Å². The molecule has 0 aliphatic carbocycles. The molecular formula is C19H20ClNO4. The molecule has 2 aromatic carbocycles. The maximum atomic E-state index is 12.6. The molecule has 2 aromatic rings. The molecule has 132 valence electrons. The second-order valence-corrected chi connectivity index (χ2v) is 6.20. The van der Waals surface area contributed by atoms with Crippen LogP contribution >= 0.6 is 11.6 Å². The van der Waals surface area contributed by atoms with Crippen molar-refractivity contribution in [1.82, 2.24) is 4.90 Å². The zero-order valence-corrected chi connectivity index (χ0v) is 15.0. The lowest BCUT2D eigenvalue weighted by Crippen LogP contribution is -2.29. The molecule has 1 fully saturated rings. The van der Waals surface area contributed by atoms with Gasteiger partial charge in [-0.1, -0.05) is 29.8 Å². The van der Waals surface area contributed by atoms with Gasteiger partial charge in [0.25, 0.3) is 5.91 Å². The normalized spacial score (nSPS) is 17.0. The van der Waals surface area contributed by atoms with Crippen LogP contribution in [0.25, 0.3) is 0 Å². The summed E-state index contributed by atoms with van der Waals surface area (Å²) < 4.78 is 16.2. The van der Waals surface area contributed by atoms with Gasteiger partial charge in [-0.15, -0.1) is 0 Å². The van der Waals surface area contributed by atoms with E-state index < -0.39 is 6.10 Å². The number of benzene rings is 2. The monoisotopic (exact) mass is 361 g/mol. The van der Waals surface area contributed by atoms with Crippen molar-refractivity contribution in [2.45, 2.75) is 12.5 Å². The first-order valence-corrected chi connectivity index (χ1v) is 8.37. The van der Waals surface area contributed by atoms with Crippen LogP contribution in [0.15, 0.2) is 42.5 Å². The fourth-order valence-electron chi connectivity index (χ4n) is 2.82. The van der Waals surface area contributed by atoms with Crippen molar-refractivity contribution in [3.8, 4) is 11.5 Å². The number of rotatable bonds is 6. The van der Waals surface area contributed by atoms with Gasteiger partial charge in [0.05, 0.1) is 14.2 Å². The topological polar surface area (TPSA) is 48.0 Å². The summed E-state index contributed by atoms with van der Waals surface area (Å²) in [5.74, 6) is 1.35. The molecule has 6 heteroatoms. The second-order valence-electron chi connectivity index (χ2n) is 5.77. The molecule has 1 saturated heterocycles. The number of methoxy groups -OCH3 is 2. The molecule has 5 nitrogen and oxygen atoms in total. The number of amides is 1. The smallest absolute Gasteiger partial charge is 0.258 e. The summed E-state index contributed by atoms with van der Waals surface area (Å²) in [6.07, 6.45) is 0.158. The van der Waals surface area contributed by atoms with Crippen LogP contribution in [-0.2, 0) is 16.0 Å². The number of halogens is 1. The molecule has 0 spiro atoms. The maximum absolute atomic E-state index is 12.6. The Morgan fingerprint density at radius 1 is 1.12 bits per heavy atom. The van der Waals surface area contributed by atoms with Crippen molar-refractivity contribution >= 4 is 17.5 Å². The lowest BCUT2D eigenvalue weighted by atomic mass is 10.1. The molecule has 1 unspecified atom stereocenters. The molecule has 3 rings (SSSR count). The van der Waals surface area contributed by atoms with Crippen molar-refractivity contribution in [3.63, 3.8) is 0 Å². The Labute approximate surface area is 152 Å². The molecule has 1 aliphatic rings. The number of ether oxygens (including phenoxy) is 3. The summed E-state index contributed by atoms with van der Waals surface area (Å²) in [5, 5.41) is 0.638. The van der Waals surface area contributed by atoms with Crippen molar-refractivity contribution in [2.24, 2.45) is 0 Å². The minimum Gasteiger partial charge on any atom is -0.493 e. The highest BCUT2D eigenvalue weighted by Gasteiger charge is 2.33. The van der Waals surface area contributed by atoms with Crippen molar-refractivity contribution in [2.75, 3.05) is 27.5 Å². The first kappa shape index (κ1) is 17.6. The third kappa shape index (κ3) is 3.89. The molecule has 0 aromatic heterocycles. The lowest BCUT2D eigenvalue weighted by Gasteiger charge is -2.15. The third-order valence-electron chi connectivity index (χ3n) is 4.22. The van der Waals surface area contributed by atoms with E-state index in [1.807, 2.05) is 30.3 Å². The number of hydrogen-bond acceptors (Lipinski definition) is 4. The lowest BCUT2D eigenvalue weighted by molar-refractivity contribution is -0.130. The average molecular weight is 362 g/mol. The summed E-state index contributed by atoms with van der Waals surface area (Å²) in [7, 11) is 3.21. The maximum Gasteiger partial charge on any atom is 0.258 e. The molecule has 25 heavy (non-hydrogen) atoms. The molecular weight excluding hydrogens is 342 g/mol. The summed E-state index contributed by atoms with van der Waals surface area (Å²) in [6, 6.07) is 12.9. The van der Waals surface area contributed by atoms with E-state index in [0.29, 0.717) is 36.2 Å². The second kappa shape index (κ2) is 7.76. The fourth-order valence-corrected chi connectivity index (χ4v) is 2.94. The number of nitrogens with zero attached hydrogens (tertiary/aromatic N) is 1. The van der Waals surface area contributed by atoms with E-state index in [1.165, 1.54) is 0 Å². The van der Waals surface area contributed by atoms with E-state index in [1.54, 1.807) is 31.3 Å². The van der Waals surface area contributed by atoms with Gasteiger partial charge < -0.3 is 19.1 Å². The number of carbonyl (C=O) groups excluding carboxylic acids is 1. The van der Waals surface area contributed by atoms with Gasteiger partial charge in [0.15, 0.2) is 17.6 Å². The summed E-state index contributed by atoms with van der Waals surface area (Å²) in [6.45, 7) is 0.873. The van der Waals surface area contributed by atoms with Crippen LogP contribution in [0.3, 0.4) is 0 Å². The number of hydrogen-bond donors (Lipinski definition) is 0. The van der Waals surface area contributed by atoms with Crippen LogP contribution in [-0.4, -0.2) is 38.3 Å². The molecule has 1 aliphatic heterocycles. The molecule has 0 saturated carbocycles.